The van der Waals surface area contributed by atoms with Crippen LogP contribution in [-0.4, -0.2) is 44.6 Å². The first kappa shape index (κ1) is 24.5. The first-order valence-corrected chi connectivity index (χ1v) is 12.8. The number of nitrogens with zero attached hydrogens (tertiary/aromatic N) is 4. The molecule has 1 amide bonds. The second kappa shape index (κ2) is 10.7. The molecule has 11 nitrogen and oxygen atoms in total. The average molecular weight is 515 g/mol. The fourth-order valence-electron chi connectivity index (χ4n) is 3.35. The van der Waals surface area contributed by atoms with Crippen molar-refractivity contribution < 1.29 is 23.5 Å². The molecule has 0 aliphatic carbocycles. The summed E-state index contributed by atoms with van der Waals surface area (Å²) in [6.45, 7) is -0.0999. The Bertz CT molecular complexity index is 1390. The van der Waals surface area contributed by atoms with Gasteiger partial charge >= 0.3 is 0 Å². The van der Waals surface area contributed by atoms with Crippen LogP contribution in [0.4, 0.5) is 0 Å². The molecule has 0 aliphatic heterocycles. The van der Waals surface area contributed by atoms with Crippen LogP contribution in [-0.2, 0) is 27.8 Å². The number of pyridine rings is 1. The molecule has 4 aromatic rings. The van der Waals surface area contributed by atoms with Gasteiger partial charge in [-0.25, -0.2) is 23.3 Å². The second-order valence-corrected chi connectivity index (χ2v) is 10.7. The summed E-state index contributed by atoms with van der Waals surface area (Å²) < 4.78 is 29.7. The maximum Gasteiger partial charge on any atom is 0.250 e. The van der Waals surface area contributed by atoms with Gasteiger partial charge in [0.15, 0.2) is 0 Å². The van der Waals surface area contributed by atoms with Gasteiger partial charge in [-0.05, 0) is 48.4 Å². The minimum atomic E-state index is -3.79. The van der Waals surface area contributed by atoms with Crippen molar-refractivity contribution in [3.05, 3.63) is 78.2 Å². The van der Waals surface area contributed by atoms with Crippen molar-refractivity contribution >= 4 is 27.3 Å². The molecular weight excluding hydrogens is 492 g/mol. The quantitative estimate of drug-likeness (QED) is 0.185. The summed E-state index contributed by atoms with van der Waals surface area (Å²) in [4.78, 5) is 16.8. The van der Waals surface area contributed by atoms with Crippen molar-refractivity contribution in [2.24, 2.45) is 0 Å². The number of amides is 1. The van der Waals surface area contributed by atoms with Gasteiger partial charge in [0.05, 0.1) is 41.5 Å². The molecule has 1 atom stereocenters. The number of nitrogens with one attached hydrogen (secondary N) is 2. The van der Waals surface area contributed by atoms with Crippen molar-refractivity contribution in [1.29, 1.82) is 0 Å². The van der Waals surface area contributed by atoms with E-state index in [0.29, 0.717) is 17.8 Å². The van der Waals surface area contributed by atoms with E-state index in [1.165, 1.54) is 22.9 Å². The Morgan fingerprint density at radius 2 is 1.91 bits per heavy atom. The molecule has 0 radical (unpaired) electrons. The zero-order valence-corrected chi connectivity index (χ0v) is 19.9. The third-order valence-corrected chi connectivity index (χ3v) is 8.09. The Kier molecular flexibility index (Phi) is 7.51. The molecule has 0 fully saturated rings. The summed E-state index contributed by atoms with van der Waals surface area (Å²) in [6, 6.07) is 14.6. The Balaban J connectivity index is 1.45. The van der Waals surface area contributed by atoms with E-state index in [9.17, 15) is 18.3 Å². The molecule has 182 valence electrons. The molecule has 35 heavy (non-hydrogen) atoms. The highest BCUT2D eigenvalue weighted by molar-refractivity contribution is 7.91. The number of carbonyl (C=O) groups excluding carboxylic acids is 1. The lowest BCUT2D eigenvalue weighted by Crippen LogP contribution is -2.25. The molecule has 3 heterocycles. The number of aromatic nitrogens is 4. The van der Waals surface area contributed by atoms with E-state index < -0.39 is 22.0 Å². The number of carbonyl (C=O) groups is 1. The smallest absolute Gasteiger partial charge is 0.250 e. The van der Waals surface area contributed by atoms with Crippen molar-refractivity contribution in [1.82, 2.24) is 30.2 Å². The molecule has 3 aromatic heterocycles. The largest absolute Gasteiger partial charge is 0.508 e. The Morgan fingerprint density at radius 3 is 2.63 bits per heavy atom. The average Bonchev–Trinajstić information content (AvgIpc) is 3.55. The van der Waals surface area contributed by atoms with E-state index in [0.717, 1.165) is 21.8 Å². The maximum absolute atomic E-state index is 12.8. The van der Waals surface area contributed by atoms with Crippen LogP contribution in [0.2, 0.25) is 0 Å². The van der Waals surface area contributed by atoms with Gasteiger partial charge in [0, 0.05) is 6.20 Å². The number of hydroxylamine groups is 1. The van der Waals surface area contributed by atoms with Crippen LogP contribution in [0.1, 0.15) is 23.7 Å². The fourth-order valence-corrected chi connectivity index (χ4v) is 5.67. The molecular formula is C22H22N6O5S2. The second-order valence-electron chi connectivity index (χ2n) is 7.61. The Morgan fingerprint density at radius 1 is 1.11 bits per heavy atom. The zero-order valence-electron chi connectivity index (χ0n) is 18.3. The number of benzene rings is 1. The molecule has 0 spiro atoms. The number of phenolic OH excluding ortho intramolecular Hbond substituents is 1. The van der Waals surface area contributed by atoms with E-state index in [-0.39, 0.29) is 22.9 Å². The van der Waals surface area contributed by atoms with E-state index in [1.807, 2.05) is 6.07 Å². The lowest BCUT2D eigenvalue weighted by Gasteiger charge is -2.16. The van der Waals surface area contributed by atoms with Crippen molar-refractivity contribution in [3.63, 3.8) is 0 Å². The third-order valence-electron chi connectivity index (χ3n) is 5.09. The molecule has 0 bridgehead atoms. The summed E-state index contributed by atoms with van der Waals surface area (Å²) in [5.74, 6) is -0.487. The van der Waals surface area contributed by atoms with Gasteiger partial charge in [-0.15, -0.1) is 16.4 Å². The van der Waals surface area contributed by atoms with Crippen LogP contribution >= 0.6 is 11.3 Å². The summed E-state index contributed by atoms with van der Waals surface area (Å²) >= 11 is 1.11. The maximum atomic E-state index is 12.8. The molecule has 0 aliphatic rings. The number of sulfonamides is 1. The molecule has 0 saturated heterocycles. The molecule has 4 N–H and O–H groups in total. The molecule has 0 unspecified atom stereocenters. The number of aromatic hydroxyl groups is 1. The standard InChI is InChI=1S/C22H22N6O5S2/c29-18-6-4-15(5-7-18)11-17(12-21(30)26-31)28-14-16(25-27-28)13-24-35(32,33)22-9-8-20(34-22)19-3-1-2-10-23-19/h1-10,14,17,24,29,31H,11-13H2,(H,26,30)/t17-/m0/s1. The van der Waals surface area contributed by atoms with Crippen LogP contribution in [0.15, 0.2) is 71.2 Å². The topological polar surface area (TPSA) is 159 Å². The van der Waals surface area contributed by atoms with E-state index in [4.69, 9.17) is 5.21 Å². The van der Waals surface area contributed by atoms with Crippen LogP contribution < -0.4 is 10.2 Å². The zero-order chi connectivity index (χ0) is 24.8. The lowest BCUT2D eigenvalue weighted by molar-refractivity contribution is -0.130. The first-order chi connectivity index (χ1) is 16.8. The van der Waals surface area contributed by atoms with Gasteiger partial charge in [0.25, 0.3) is 0 Å². The van der Waals surface area contributed by atoms with Crippen molar-refractivity contribution in [2.75, 3.05) is 0 Å². The number of hydrogen-bond donors (Lipinski definition) is 4. The van der Waals surface area contributed by atoms with Crippen LogP contribution in [0.25, 0.3) is 10.6 Å². The van der Waals surface area contributed by atoms with E-state index >= 15 is 0 Å². The van der Waals surface area contributed by atoms with Crippen molar-refractivity contribution in [3.8, 4) is 16.3 Å². The minimum absolute atomic E-state index is 0.0859. The number of hydrogen-bond acceptors (Lipinski definition) is 9. The van der Waals surface area contributed by atoms with Gasteiger partial charge < -0.3 is 5.11 Å². The van der Waals surface area contributed by atoms with Gasteiger partial charge in [-0.1, -0.05) is 23.4 Å². The normalized spacial score (nSPS) is 12.4. The highest BCUT2D eigenvalue weighted by Crippen LogP contribution is 2.29. The summed E-state index contributed by atoms with van der Waals surface area (Å²) in [7, 11) is -3.79. The van der Waals surface area contributed by atoms with Gasteiger partial charge in [-0.2, -0.15) is 0 Å². The fraction of sp³-hybridized carbons (Fsp3) is 0.182. The van der Waals surface area contributed by atoms with Gasteiger partial charge in [0.1, 0.15) is 9.96 Å². The lowest BCUT2D eigenvalue weighted by atomic mass is 10.0. The van der Waals surface area contributed by atoms with E-state index in [1.54, 1.807) is 48.2 Å². The van der Waals surface area contributed by atoms with Gasteiger partial charge in [0.2, 0.25) is 15.9 Å². The number of rotatable bonds is 10. The highest BCUT2D eigenvalue weighted by atomic mass is 32.2. The molecule has 13 heteroatoms. The summed E-state index contributed by atoms with van der Waals surface area (Å²) in [5, 5.41) is 26.5. The first-order valence-electron chi connectivity index (χ1n) is 10.5. The van der Waals surface area contributed by atoms with Gasteiger partial charge in [-0.3, -0.25) is 15.0 Å². The SMILES string of the molecule is O=C(C[C@H](Cc1ccc(O)cc1)n1cc(CNS(=O)(=O)c2ccc(-c3ccccn3)s2)nn1)NO. The third kappa shape index (κ3) is 6.27. The monoisotopic (exact) mass is 514 g/mol. The predicted octanol–water partition coefficient (Wildman–Crippen LogP) is 2.26. The van der Waals surface area contributed by atoms with E-state index in [2.05, 4.69) is 20.0 Å². The molecule has 4 rings (SSSR count). The highest BCUT2D eigenvalue weighted by Gasteiger charge is 2.21. The molecule has 0 saturated carbocycles. The number of phenols is 1. The number of thiophene rings is 1. The molecule has 1 aromatic carbocycles. The van der Waals surface area contributed by atoms with Crippen LogP contribution in [0, 0.1) is 0 Å². The summed E-state index contributed by atoms with van der Waals surface area (Å²) in [6.07, 6.45) is 3.47. The summed E-state index contributed by atoms with van der Waals surface area (Å²) in [5.41, 5.74) is 3.48. The Labute approximate surface area is 205 Å². The minimum Gasteiger partial charge on any atom is -0.508 e. The van der Waals surface area contributed by atoms with Crippen LogP contribution in [0.5, 0.6) is 5.75 Å². The van der Waals surface area contributed by atoms with Crippen LogP contribution in [0.3, 0.4) is 0 Å². The Hall–Kier alpha value is -3.65. The van der Waals surface area contributed by atoms with Crippen molar-refractivity contribution in [2.45, 2.75) is 29.6 Å². The predicted molar refractivity (Wildman–Crippen MR) is 127 cm³/mol.